The number of carbonyl (C=O) groups excluding carboxylic acids is 1. The molecule has 0 aliphatic heterocycles. The van der Waals surface area contributed by atoms with E-state index in [0.29, 0.717) is 5.25 Å². The van der Waals surface area contributed by atoms with Crippen molar-refractivity contribution in [3.8, 4) is 0 Å². The molecule has 0 unspecified atom stereocenters. The summed E-state index contributed by atoms with van der Waals surface area (Å²) in [6, 6.07) is 0. The van der Waals surface area contributed by atoms with E-state index in [1.54, 1.807) is 0 Å². The van der Waals surface area contributed by atoms with Crippen LogP contribution >= 0.6 is 24.4 Å². The fourth-order valence-corrected chi connectivity index (χ4v) is 3.06. The van der Waals surface area contributed by atoms with Crippen LogP contribution in [0.4, 0.5) is 0 Å². The zero-order valence-corrected chi connectivity index (χ0v) is 9.88. The number of hydrogen-bond acceptors (Lipinski definition) is 4. The smallest absolute Gasteiger partial charge is 0.208 e. The van der Waals surface area contributed by atoms with E-state index in [2.05, 4.69) is 17.9 Å². The van der Waals surface area contributed by atoms with E-state index >= 15 is 0 Å². The Labute approximate surface area is 90.4 Å². The maximum absolute atomic E-state index is 11.7. The van der Waals surface area contributed by atoms with Gasteiger partial charge in [0.25, 0.3) is 0 Å². The van der Waals surface area contributed by atoms with Gasteiger partial charge in [-0.1, -0.05) is 11.8 Å². The topological polar surface area (TPSA) is 29.1 Å². The van der Waals surface area contributed by atoms with Gasteiger partial charge in [-0.2, -0.15) is 12.6 Å². The molecule has 1 aliphatic carbocycles. The van der Waals surface area contributed by atoms with Crippen molar-refractivity contribution in [3.63, 3.8) is 0 Å². The molecular weight excluding hydrogens is 201 g/mol. The first-order valence-electron chi connectivity index (χ1n) is 4.66. The van der Waals surface area contributed by atoms with Gasteiger partial charge in [0.05, 0.1) is 5.54 Å². The minimum Gasteiger partial charge on any atom is -0.312 e. The molecule has 0 spiro atoms. The lowest BCUT2D eigenvalue weighted by molar-refractivity contribution is -0.116. The minimum atomic E-state index is -0.277. The van der Waals surface area contributed by atoms with E-state index in [9.17, 15) is 4.79 Å². The van der Waals surface area contributed by atoms with Gasteiger partial charge in [-0.15, -0.1) is 0 Å². The SMILES string of the molecule is BCN[C@@]1(C(=O)SC)CC[C@H](S)C1. The van der Waals surface area contributed by atoms with E-state index in [0.717, 1.165) is 25.7 Å². The van der Waals surface area contributed by atoms with E-state index in [1.165, 1.54) is 11.8 Å². The first kappa shape index (κ1) is 11.5. The summed E-state index contributed by atoms with van der Waals surface area (Å²) in [4.78, 5) is 11.7. The predicted molar refractivity (Wildman–Crippen MR) is 64.4 cm³/mol. The zero-order valence-electron chi connectivity index (χ0n) is 8.17. The van der Waals surface area contributed by atoms with Crippen LogP contribution in [0, 0.1) is 0 Å². The van der Waals surface area contributed by atoms with Crippen LogP contribution < -0.4 is 5.32 Å². The average Bonchev–Trinajstić information content (AvgIpc) is 2.48. The second-order valence-electron chi connectivity index (χ2n) is 3.50. The van der Waals surface area contributed by atoms with Crippen molar-refractivity contribution >= 4 is 37.4 Å². The highest BCUT2D eigenvalue weighted by Gasteiger charge is 2.42. The predicted octanol–water partition coefficient (Wildman–Crippen LogP) is 0.277. The van der Waals surface area contributed by atoms with Crippen LogP contribution in [0.5, 0.6) is 0 Å². The third kappa shape index (κ3) is 2.45. The van der Waals surface area contributed by atoms with Crippen molar-refractivity contribution in [1.82, 2.24) is 5.32 Å². The maximum atomic E-state index is 11.7. The standard InChI is InChI=1S/C8H16BNOS2/c1-13-7(11)8(10-5-9)3-2-6(12)4-8/h6,10,12H,2-5,9H2,1H3/t6-,8-/m0/s1. The van der Waals surface area contributed by atoms with E-state index in [-0.39, 0.29) is 10.7 Å². The Morgan fingerprint density at radius 2 is 2.54 bits per heavy atom. The summed E-state index contributed by atoms with van der Waals surface area (Å²) in [5.41, 5.74) is -0.277. The molecule has 0 bridgehead atoms. The van der Waals surface area contributed by atoms with Gasteiger partial charge in [0, 0.05) is 5.25 Å². The number of thiol groups is 1. The Morgan fingerprint density at radius 1 is 1.85 bits per heavy atom. The van der Waals surface area contributed by atoms with E-state index in [4.69, 9.17) is 0 Å². The quantitative estimate of drug-likeness (QED) is 0.525. The van der Waals surface area contributed by atoms with Crippen molar-refractivity contribution in [2.45, 2.75) is 30.1 Å². The van der Waals surface area contributed by atoms with Gasteiger partial charge >= 0.3 is 0 Å². The molecule has 0 aromatic rings. The third-order valence-corrected chi connectivity index (χ3v) is 3.78. The number of thioether (sulfide) groups is 1. The second-order valence-corrected chi connectivity index (χ2v) is 5.01. The molecule has 13 heavy (non-hydrogen) atoms. The molecular formula is C8H16BNOS2. The summed E-state index contributed by atoms with van der Waals surface area (Å²) in [6.45, 7) is 0. The molecule has 0 aromatic heterocycles. The highest BCUT2D eigenvalue weighted by atomic mass is 32.2. The van der Waals surface area contributed by atoms with Crippen LogP contribution in [0.15, 0.2) is 0 Å². The largest absolute Gasteiger partial charge is 0.312 e. The van der Waals surface area contributed by atoms with Crippen LogP contribution in [0.3, 0.4) is 0 Å². The van der Waals surface area contributed by atoms with Crippen molar-refractivity contribution < 1.29 is 4.79 Å². The Balaban J connectivity index is 2.70. The lowest BCUT2D eigenvalue weighted by Gasteiger charge is -2.27. The van der Waals surface area contributed by atoms with Crippen LogP contribution in [-0.4, -0.2) is 36.5 Å². The van der Waals surface area contributed by atoms with Crippen LogP contribution in [0.1, 0.15) is 19.3 Å². The van der Waals surface area contributed by atoms with Gasteiger partial charge in [-0.05, 0) is 32.0 Å². The minimum absolute atomic E-state index is 0.269. The molecule has 74 valence electrons. The highest BCUT2D eigenvalue weighted by Crippen LogP contribution is 2.35. The van der Waals surface area contributed by atoms with Crippen molar-refractivity contribution in [2.75, 3.05) is 12.7 Å². The maximum Gasteiger partial charge on any atom is 0.208 e. The van der Waals surface area contributed by atoms with Gasteiger partial charge in [0.15, 0.2) is 0 Å². The molecule has 1 saturated carbocycles. The first-order valence-corrected chi connectivity index (χ1v) is 6.40. The molecule has 1 fully saturated rings. The summed E-state index contributed by atoms with van der Waals surface area (Å²) in [7, 11) is 2.04. The van der Waals surface area contributed by atoms with Gasteiger partial charge in [0.2, 0.25) is 5.12 Å². The fourth-order valence-electron chi connectivity index (χ4n) is 1.97. The van der Waals surface area contributed by atoms with Gasteiger partial charge in [0.1, 0.15) is 7.85 Å². The normalized spacial score (nSPS) is 33.5. The Hall–Kier alpha value is 0.395. The number of hydrogen-bond donors (Lipinski definition) is 2. The van der Waals surface area contributed by atoms with E-state index < -0.39 is 0 Å². The van der Waals surface area contributed by atoms with Crippen molar-refractivity contribution in [3.05, 3.63) is 0 Å². The van der Waals surface area contributed by atoms with Gasteiger partial charge < -0.3 is 5.32 Å². The summed E-state index contributed by atoms with van der Waals surface area (Å²) in [6.07, 6.45) is 5.57. The molecule has 0 heterocycles. The molecule has 0 amide bonds. The first-order chi connectivity index (χ1) is 6.14. The molecule has 0 radical (unpaired) electrons. The average molecular weight is 217 g/mol. The Morgan fingerprint density at radius 3 is 2.92 bits per heavy atom. The molecule has 0 aromatic carbocycles. The summed E-state index contributed by atoms with van der Waals surface area (Å²) in [5, 5.41) is 3.97. The molecule has 0 saturated heterocycles. The molecule has 2 nitrogen and oxygen atoms in total. The molecule has 2 atom stereocenters. The van der Waals surface area contributed by atoms with E-state index in [1.807, 2.05) is 14.1 Å². The number of nitrogens with one attached hydrogen (secondary N) is 1. The number of carbonyl (C=O) groups is 1. The van der Waals surface area contributed by atoms with Crippen molar-refractivity contribution in [1.29, 1.82) is 0 Å². The van der Waals surface area contributed by atoms with Gasteiger partial charge in [-0.25, -0.2) is 0 Å². The molecule has 1 rings (SSSR count). The van der Waals surface area contributed by atoms with Crippen LogP contribution in [0.2, 0.25) is 0 Å². The third-order valence-electron chi connectivity index (χ3n) is 2.58. The van der Waals surface area contributed by atoms with Crippen LogP contribution in [-0.2, 0) is 4.79 Å². The molecule has 5 heteroatoms. The lowest BCUT2D eigenvalue weighted by atomic mass is 9.97. The van der Waals surface area contributed by atoms with Gasteiger partial charge in [-0.3, -0.25) is 4.79 Å². The monoisotopic (exact) mass is 217 g/mol. The molecule has 1 aliphatic rings. The van der Waals surface area contributed by atoms with Crippen LogP contribution in [0.25, 0.3) is 0 Å². The second kappa shape index (κ2) is 4.76. The fraction of sp³-hybridized carbons (Fsp3) is 0.875. The Kier molecular flexibility index (Phi) is 4.20. The lowest BCUT2D eigenvalue weighted by Crippen LogP contribution is -2.49. The number of rotatable bonds is 3. The summed E-state index contributed by atoms with van der Waals surface area (Å²) < 4.78 is 0. The van der Waals surface area contributed by atoms with Crippen molar-refractivity contribution in [2.24, 2.45) is 0 Å². The highest BCUT2D eigenvalue weighted by molar-refractivity contribution is 8.13. The molecule has 1 N–H and O–H groups in total. The summed E-state index contributed by atoms with van der Waals surface area (Å²) >= 11 is 5.76. The summed E-state index contributed by atoms with van der Waals surface area (Å²) in [5.74, 6) is 0. The zero-order chi connectivity index (χ0) is 9.90. The Bertz CT molecular complexity index is 199.